The molecule has 1 aromatic carbocycles. The van der Waals surface area contributed by atoms with Crippen molar-refractivity contribution in [1.29, 1.82) is 0 Å². The first-order valence-electron chi connectivity index (χ1n) is 5.63. The Kier molecular flexibility index (Phi) is 2.49. The molecular formula is C13H11N3O3. The Bertz CT molecular complexity index is 757. The molecule has 2 heterocycles. The second-order valence-electron chi connectivity index (χ2n) is 4.11. The van der Waals surface area contributed by atoms with E-state index in [1.807, 2.05) is 24.3 Å². The number of hydrogen-bond donors (Lipinski definition) is 3. The van der Waals surface area contributed by atoms with Gasteiger partial charge < -0.3 is 14.8 Å². The molecule has 2 aromatic heterocycles. The van der Waals surface area contributed by atoms with Crippen LogP contribution in [0.15, 0.2) is 30.3 Å². The Balaban J connectivity index is 2.06. The third-order valence-electron chi connectivity index (χ3n) is 2.91. The average Bonchev–Trinajstić information content (AvgIpc) is 3.04. The molecule has 0 saturated carbocycles. The van der Waals surface area contributed by atoms with E-state index in [1.165, 1.54) is 6.07 Å². The molecule has 0 atom stereocenters. The van der Waals surface area contributed by atoms with E-state index >= 15 is 0 Å². The largest absolute Gasteiger partial charge is 0.497 e. The number of nitrogens with zero attached hydrogens (tertiary/aromatic N) is 1. The van der Waals surface area contributed by atoms with E-state index in [1.54, 1.807) is 7.11 Å². The number of ether oxygens (including phenoxy) is 1. The monoisotopic (exact) mass is 257 g/mol. The van der Waals surface area contributed by atoms with Crippen molar-refractivity contribution in [2.45, 2.75) is 0 Å². The minimum absolute atomic E-state index is 0.0613. The van der Waals surface area contributed by atoms with Gasteiger partial charge in [-0.1, -0.05) is 0 Å². The summed E-state index contributed by atoms with van der Waals surface area (Å²) in [6, 6.07) is 9.06. The zero-order valence-electron chi connectivity index (χ0n) is 10.1. The smallest absolute Gasteiger partial charge is 0.353 e. The van der Waals surface area contributed by atoms with E-state index in [4.69, 9.17) is 9.84 Å². The fourth-order valence-electron chi connectivity index (χ4n) is 1.94. The molecule has 6 nitrogen and oxygen atoms in total. The minimum Gasteiger partial charge on any atom is -0.497 e. The molecule has 96 valence electrons. The van der Waals surface area contributed by atoms with Crippen molar-refractivity contribution in [3.8, 4) is 17.1 Å². The number of nitrogens with one attached hydrogen (secondary N) is 2. The summed E-state index contributed by atoms with van der Waals surface area (Å²) in [6.07, 6.45) is 0. The lowest BCUT2D eigenvalue weighted by Crippen LogP contribution is -1.95. The molecule has 0 fully saturated rings. The van der Waals surface area contributed by atoms with Gasteiger partial charge in [0.25, 0.3) is 0 Å². The first-order chi connectivity index (χ1) is 9.17. The van der Waals surface area contributed by atoms with E-state index in [9.17, 15) is 4.79 Å². The molecule has 6 heteroatoms. The van der Waals surface area contributed by atoms with Crippen LogP contribution in [0.5, 0.6) is 5.75 Å². The Hall–Kier alpha value is -2.76. The molecule has 0 radical (unpaired) electrons. The van der Waals surface area contributed by atoms with Crippen LogP contribution in [0.2, 0.25) is 0 Å². The lowest BCUT2D eigenvalue weighted by Gasteiger charge is -1.97. The van der Waals surface area contributed by atoms with Crippen LogP contribution in [-0.2, 0) is 0 Å². The molecular weight excluding hydrogens is 246 g/mol. The van der Waals surface area contributed by atoms with Gasteiger partial charge in [0, 0.05) is 17.0 Å². The van der Waals surface area contributed by atoms with Gasteiger partial charge in [-0.2, -0.15) is 5.10 Å². The second-order valence-corrected chi connectivity index (χ2v) is 4.11. The maximum atomic E-state index is 10.8. The quantitative estimate of drug-likeness (QED) is 0.671. The van der Waals surface area contributed by atoms with Crippen molar-refractivity contribution in [2.75, 3.05) is 7.11 Å². The molecule has 0 aliphatic heterocycles. The van der Waals surface area contributed by atoms with Crippen molar-refractivity contribution in [2.24, 2.45) is 0 Å². The summed E-state index contributed by atoms with van der Waals surface area (Å²) >= 11 is 0. The highest BCUT2D eigenvalue weighted by atomic mass is 16.5. The summed E-state index contributed by atoms with van der Waals surface area (Å²) < 4.78 is 5.16. The standard InChI is InChI=1S/C13H11N3O3/c1-19-8-2-3-9-7(4-8)5-10(14-9)11-6-12(13(17)18)16-15-11/h2-6,14H,1H3,(H,15,16)(H,17,18). The second kappa shape index (κ2) is 4.16. The molecule has 0 bridgehead atoms. The number of carbonyl (C=O) groups is 1. The van der Waals surface area contributed by atoms with Gasteiger partial charge >= 0.3 is 5.97 Å². The number of hydrogen-bond acceptors (Lipinski definition) is 3. The predicted octanol–water partition coefficient (Wildman–Crippen LogP) is 2.26. The highest BCUT2D eigenvalue weighted by Crippen LogP contribution is 2.26. The number of carboxylic acid groups (broad SMARTS) is 1. The fraction of sp³-hybridized carbons (Fsp3) is 0.0769. The van der Waals surface area contributed by atoms with E-state index in [0.29, 0.717) is 5.69 Å². The number of methoxy groups -OCH3 is 1. The fourth-order valence-corrected chi connectivity index (χ4v) is 1.94. The Labute approximate surface area is 108 Å². The highest BCUT2D eigenvalue weighted by Gasteiger charge is 2.11. The SMILES string of the molecule is COc1ccc2[nH]c(-c3cc(C(=O)O)[nH]n3)cc2c1. The summed E-state index contributed by atoms with van der Waals surface area (Å²) in [5.74, 6) is -0.261. The summed E-state index contributed by atoms with van der Waals surface area (Å²) in [5.41, 5.74) is 2.32. The van der Waals surface area contributed by atoms with Crippen LogP contribution in [0.4, 0.5) is 0 Å². The van der Waals surface area contributed by atoms with Gasteiger partial charge in [0.2, 0.25) is 0 Å². The van der Waals surface area contributed by atoms with Crippen LogP contribution in [0.1, 0.15) is 10.5 Å². The van der Waals surface area contributed by atoms with E-state index in [-0.39, 0.29) is 5.69 Å². The van der Waals surface area contributed by atoms with Crippen molar-refractivity contribution in [3.63, 3.8) is 0 Å². The molecule has 0 amide bonds. The summed E-state index contributed by atoms with van der Waals surface area (Å²) in [4.78, 5) is 14.0. The van der Waals surface area contributed by atoms with Gasteiger partial charge in [0.15, 0.2) is 0 Å². The molecule has 0 saturated heterocycles. The van der Waals surface area contributed by atoms with Gasteiger partial charge in [-0.15, -0.1) is 0 Å². The first-order valence-corrected chi connectivity index (χ1v) is 5.63. The predicted molar refractivity (Wildman–Crippen MR) is 69.4 cm³/mol. The van der Waals surface area contributed by atoms with Gasteiger partial charge in [-0.25, -0.2) is 4.79 Å². The minimum atomic E-state index is -1.03. The number of fused-ring (bicyclic) bond motifs is 1. The third-order valence-corrected chi connectivity index (χ3v) is 2.91. The van der Waals surface area contributed by atoms with Crippen molar-refractivity contribution >= 4 is 16.9 Å². The van der Waals surface area contributed by atoms with Gasteiger partial charge in [-0.05, 0) is 24.3 Å². The molecule has 0 aliphatic carbocycles. The average molecular weight is 257 g/mol. The van der Waals surface area contributed by atoms with Crippen LogP contribution in [0, 0.1) is 0 Å². The molecule has 0 aliphatic rings. The number of rotatable bonds is 3. The van der Waals surface area contributed by atoms with Crippen LogP contribution in [0.25, 0.3) is 22.3 Å². The summed E-state index contributed by atoms with van der Waals surface area (Å²) in [5, 5.41) is 16.3. The molecule has 3 rings (SSSR count). The Morgan fingerprint density at radius 3 is 2.84 bits per heavy atom. The maximum Gasteiger partial charge on any atom is 0.353 e. The number of aromatic nitrogens is 3. The molecule has 19 heavy (non-hydrogen) atoms. The Morgan fingerprint density at radius 1 is 1.32 bits per heavy atom. The lowest BCUT2D eigenvalue weighted by atomic mass is 10.2. The van der Waals surface area contributed by atoms with E-state index < -0.39 is 5.97 Å². The number of H-pyrrole nitrogens is 2. The van der Waals surface area contributed by atoms with Gasteiger partial charge in [0.05, 0.1) is 12.8 Å². The van der Waals surface area contributed by atoms with Crippen LogP contribution in [-0.4, -0.2) is 33.4 Å². The van der Waals surface area contributed by atoms with Crippen LogP contribution >= 0.6 is 0 Å². The van der Waals surface area contributed by atoms with Gasteiger partial charge in [-0.3, -0.25) is 5.10 Å². The zero-order valence-corrected chi connectivity index (χ0v) is 10.1. The van der Waals surface area contributed by atoms with Crippen LogP contribution < -0.4 is 4.74 Å². The van der Waals surface area contributed by atoms with Crippen molar-refractivity contribution in [1.82, 2.24) is 15.2 Å². The van der Waals surface area contributed by atoms with Crippen LogP contribution in [0.3, 0.4) is 0 Å². The first kappa shape index (κ1) is 11.3. The zero-order chi connectivity index (χ0) is 13.4. The molecule has 0 spiro atoms. The molecule has 3 aromatic rings. The summed E-state index contributed by atoms with van der Waals surface area (Å²) in [6.45, 7) is 0. The van der Waals surface area contributed by atoms with Crippen molar-refractivity contribution < 1.29 is 14.6 Å². The summed E-state index contributed by atoms with van der Waals surface area (Å²) in [7, 11) is 1.61. The number of aromatic amines is 2. The number of aromatic carboxylic acids is 1. The number of carboxylic acids is 1. The Morgan fingerprint density at radius 2 is 2.16 bits per heavy atom. The van der Waals surface area contributed by atoms with Gasteiger partial charge in [0.1, 0.15) is 17.1 Å². The maximum absolute atomic E-state index is 10.8. The van der Waals surface area contributed by atoms with E-state index in [0.717, 1.165) is 22.3 Å². The highest BCUT2D eigenvalue weighted by molar-refractivity contribution is 5.89. The molecule has 0 unspecified atom stereocenters. The number of benzene rings is 1. The third kappa shape index (κ3) is 1.93. The topological polar surface area (TPSA) is 91.0 Å². The lowest BCUT2D eigenvalue weighted by molar-refractivity contribution is 0.0690. The normalized spacial score (nSPS) is 10.8. The molecule has 3 N–H and O–H groups in total. The van der Waals surface area contributed by atoms with Crippen molar-refractivity contribution in [3.05, 3.63) is 36.0 Å². The van der Waals surface area contributed by atoms with E-state index in [2.05, 4.69) is 15.2 Å².